The molecule has 154 valence electrons. The number of ether oxygens (including phenoxy) is 1. The highest BCUT2D eigenvalue weighted by atomic mass is 35.5. The molecule has 30 heavy (non-hydrogen) atoms. The van der Waals surface area contributed by atoms with Crippen molar-refractivity contribution in [2.75, 3.05) is 12.4 Å². The molecule has 5 heteroatoms. The number of rotatable bonds is 5. The molecule has 2 atom stereocenters. The van der Waals surface area contributed by atoms with Crippen LogP contribution in [0.5, 0.6) is 11.5 Å². The van der Waals surface area contributed by atoms with Gasteiger partial charge in [-0.05, 0) is 40.8 Å². The Kier molecular flexibility index (Phi) is 5.20. The summed E-state index contributed by atoms with van der Waals surface area (Å²) in [5, 5.41) is 13.6. The fraction of sp³-hybridized carbons (Fsp3) is 0.240. The largest absolute Gasteiger partial charge is 0.507 e. The van der Waals surface area contributed by atoms with Crippen LogP contribution in [0.3, 0.4) is 0 Å². The van der Waals surface area contributed by atoms with Crippen molar-refractivity contribution in [2.45, 2.75) is 19.8 Å². The Balaban J connectivity index is 1.54. The first kappa shape index (κ1) is 20.3. The van der Waals surface area contributed by atoms with E-state index in [0.29, 0.717) is 16.5 Å². The number of methoxy groups -OCH3 is 1. The number of phenolic OH excluding ortho intramolecular Hbond substituents is 1. The Morgan fingerprint density at radius 2 is 1.77 bits per heavy atom. The molecule has 1 amide bonds. The van der Waals surface area contributed by atoms with Gasteiger partial charge in [-0.2, -0.15) is 0 Å². The van der Waals surface area contributed by atoms with E-state index >= 15 is 0 Å². The van der Waals surface area contributed by atoms with Crippen LogP contribution in [0.15, 0.2) is 66.7 Å². The summed E-state index contributed by atoms with van der Waals surface area (Å²) in [6.45, 7) is 4.21. The molecule has 0 aliphatic heterocycles. The number of anilines is 1. The highest BCUT2D eigenvalue weighted by Gasteiger charge is 2.62. The van der Waals surface area contributed by atoms with E-state index in [1.165, 1.54) is 0 Å². The third-order valence-corrected chi connectivity index (χ3v) is 6.25. The van der Waals surface area contributed by atoms with Gasteiger partial charge in [0.25, 0.3) is 0 Å². The summed E-state index contributed by atoms with van der Waals surface area (Å²) in [6, 6.07) is 20.5. The maximum atomic E-state index is 13.0. The lowest BCUT2D eigenvalue weighted by Crippen LogP contribution is -2.17. The molecule has 0 aromatic heterocycles. The molecule has 0 bridgehead atoms. The third kappa shape index (κ3) is 3.63. The van der Waals surface area contributed by atoms with Gasteiger partial charge < -0.3 is 15.2 Å². The molecule has 0 saturated heterocycles. The minimum atomic E-state index is -0.160. The van der Waals surface area contributed by atoms with Crippen molar-refractivity contribution in [3.05, 3.63) is 77.3 Å². The van der Waals surface area contributed by atoms with Gasteiger partial charge in [0.1, 0.15) is 11.5 Å². The minimum Gasteiger partial charge on any atom is -0.507 e. The number of carbonyl (C=O) groups is 1. The second-order valence-electron chi connectivity index (χ2n) is 8.25. The SMILES string of the molecule is COc1ccc(Cl)cc1NC(=O)C1C(c2ccc(-c3ccccc3O)cc2)C1(C)C. The molecule has 3 aromatic rings. The molecule has 3 aromatic carbocycles. The van der Waals surface area contributed by atoms with Crippen LogP contribution in [-0.2, 0) is 4.79 Å². The second-order valence-corrected chi connectivity index (χ2v) is 8.69. The molecule has 4 nitrogen and oxygen atoms in total. The molecular weight excluding hydrogens is 398 g/mol. The number of carbonyl (C=O) groups excluding carboxylic acids is 1. The molecular formula is C25H24ClNO3. The lowest BCUT2D eigenvalue weighted by Gasteiger charge is -2.11. The van der Waals surface area contributed by atoms with Gasteiger partial charge in [0.15, 0.2) is 0 Å². The van der Waals surface area contributed by atoms with Crippen molar-refractivity contribution < 1.29 is 14.6 Å². The normalized spacial score (nSPS) is 19.2. The van der Waals surface area contributed by atoms with E-state index in [9.17, 15) is 9.90 Å². The number of hydrogen-bond acceptors (Lipinski definition) is 3. The zero-order valence-electron chi connectivity index (χ0n) is 17.1. The van der Waals surface area contributed by atoms with E-state index in [-0.39, 0.29) is 28.9 Å². The molecule has 0 radical (unpaired) electrons. The number of nitrogens with one attached hydrogen (secondary N) is 1. The fourth-order valence-corrected chi connectivity index (χ4v) is 4.50. The summed E-state index contributed by atoms with van der Waals surface area (Å²) < 4.78 is 5.34. The van der Waals surface area contributed by atoms with Crippen molar-refractivity contribution in [2.24, 2.45) is 11.3 Å². The van der Waals surface area contributed by atoms with Gasteiger partial charge in [0.2, 0.25) is 5.91 Å². The minimum absolute atomic E-state index is 0.0460. The van der Waals surface area contributed by atoms with Crippen LogP contribution < -0.4 is 10.1 Å². The molecule has 2 N–H and O–H groups in total. The van der Waals surface area contributed by atoms with Crippen LogP contribution in [0.4, 0.5) is 5.69 Å². The molecule has 1 aliphatic carbocycles. The maximum Gasteiger partial charge on any atom is 0.228 e. The number of amides is 1. The molecule has 0 heterocycles. The monoisotopic (exact) mass is 421 g/mol. The van der Waals surface area contributed by atoms with Gasteiger partial charge >= 0.3 is 0 Å². The first-order valence-electron chi connectivity index (χ1n) is 9.85. The molecule has 1 saturated carbocycles. The van der Waals surface area contributed by atoms with E-state index < -0.39 is 0 Å². The topological polar surface area (TPSA) is 58.6 Å². The summed E-state index contributed by atoms with van der Waals surface area (Å²) in [6.07, 6.45) is 0. The zero-order chi connectivity index (χ0) is 21.5. The fourth-order valence-electron chi connectivity index (χ4n) is 4.33. The predicted molar refractivity (Wildman–Crippen MR) is 120 cm³/mol. The average Bonchev–Trinajstić information content (AvgIpc) is 3.31. The highest BCUT2D eigenvalue weighted by Crippen LogP contribution is 2.64. The van der Waals surface area contributed by atoms with Crippen molar-refractivity contribution in [1.29, 1.82) is 0 Å². The number of halogens is 1. The standard InChI is InChI=1S/C25H24ClNO3/c1-25(2)22(16-10-8-15(9-11-16)18-6-4-5-7-20(18)28)23(25)24(29)27-19-14-17(26)12-13-21(19)30-3/h4-14,22-23,28H,1-3H3,(H,27,29). The summed E-state index contributed by atoms with van der Waals surface area (Å²) >= 11 is 6.08. The number of benzene rings is 3. The quantitative estimate of drug-likeness (QED) is 0.523. The first-order chi connectivity index (χ1) is 14.3. The van der Waals surface area contributed by atoms with Gasteiger partial charge in [-0.15, -0.1) is 0 Å². The van der Waals surface area contributed by atoms with Crippen LogP contribution in [0.2, 0.25) is 5.02 Å². The van der Waals surface area contributed by atoms with Crippen LogP contribution >= 0.6 is 11.6 Å². The third-order valence-electron chi connectivity index (χ3n) is 6.01. The van der Waals surface area contributed by atoms with Crippen LogP contribution in [0, 0.1) is 11.3 Å². The van der Waals surface area contributed by atoms with Gasteiger partial charge in [-0.3, -0.25) is 4.79 Å². The van der Waals surface area contributed by atoms with Crippen molar-refractivity contribution in [3.8, 4) is 22.6 Å². The number of phenols is 1. The van der Waals surface area contributed by atoms with Crippen molar-refractivity contribution in [3.63, 3.8) is 0 Å². The molecule has 4 rings (SSSR count). The second kappa shape index (κ2) is 7.69. The van der Waals surface area contributed by atoms with Gasteiger partial charge in [-0.25, -0.2) is 0 Å². The van der Waals surface area contributed by atoms with Gasteiger partial charge in [0.05, 0.1) is 18.7 Å². The number of aromatic hydroxyl groups is 1. The Hall–Kier alpha value is -2.98. The predicted octanol–water partition coefficient (Wildman–Crippen LogP) is 6.10. The van der Waals surface area contributed by atoms with E-state index in [1.807, 2.05) is 36.4 Å². The Morgan fingerprint density at radius 1 is 1.07 bits per heavy atom. The summed E-state index contributed by atoms with van der Waals surface area (Å²) in [7, 11) is 1.56. The lowest BCUT2D eigenvalue weighted by atomic mass is 9.99. The van der Waals surface area contributed by atoms with Crippen LogP contribution in [-0.4, -0.2) is 18.1 Å². The number of para-hydroxylation sites is 1. The summed E-state index contributed by atoms with van der Waals surface area (Å²) in [4.78, 5) is 13.0. The Bertz CT molecular complexity index is 1090. The van der Waals surface area contributed by atoms with Gasteiger partial charge in [0, 0.05) is 16.5 Å². The van der Waals surface area contributed by atoms with Crippen LogP contribution in [0.1, 0.15) is 25.3 Å². The number of hydrogen-bond donors (Lipinski definition) is 2. The Labute approximate surface area is 181 Å². The average molecular weight is 422 g/mol. The van der Waals surface area contributed by atoms with Gasteiger partial charge in [-0.1, -0.05) is 67.9 Å². The first-order valence-corrected chi connectivity index (χ1v) is 10.2. The van der Waals surface area contributed by atoms with E-state index in [4.69, 9.17) is 16.3 Å². The van der Waals surface area contributed by atoms with E-state index in [2.05, 4.69) is 19.2 Å². The van der Waals surface area contributed by atoms with E-state index in [1.54, 1.807) is 37.4 Å². The molecule has 2 unspecified atom stereocenters. The lowest BCUT2D eigenvalue weighted by molar-refractivity contribution is -0.118. The molecule has 1 fully saturated rings. The zero-order valence-corrected chi connectivity index (χ0v) is 17.9. The van der Waals surface area contributed by atoms with Crippen LogP contribution in [0.25, 0.3) is 11.1 Å². The smallest absolute Gasteiger partial charge is 0.228 e. The summed E-state index contributed by atoms with van der Waals surface area (Å²) in [5.41, 5.74) is 3.26. The van der Waals surface area contributed by atoms with Crippen molar-refractivity contribution in [1.82, 2.24) is 0 Å². The van der Waals surface area contributed by atoms with E-state index in [0.717, 1.165) is 16.7 Å². The highest BCUT2D eigenvalue weighted by molar-refractivity contribution is 6.31. The summed E-state index contributed by atoms with van der Waals surface area (Å²) in [5.74, 6) is 0.744. The molecule has 0 spiro atoms. The molecule has 1 aliphatic rings. The Morgan fingerprint density at radius 3 is 2.43 bits per heavy atom. The van der Waals surface area contributed by atoms with Crippen molar-refractivity contribution >= 4 is 23.2 Å². The maximum absolute atomic E-state index is 13.0.